The fourth-order valence-corrected chi connectivity index (χ4v) is 3.82. The first kappa shape index (κ1) is 13.1. The smallest absolute Gasteiger partial charge is 0.219 e. The predicted molar refractivity (Wildman–Crippen MR) is 73.7 cm³/mol. The molecule has 5 nitrogen and oxygen atoms in total. The number of nitrogens with zero attached hydrogens (tertiary/aromatic N) is 2. The van der Waals surface area contributed by atoms with Gasteiger partial charge in [-0.05, 0) is 34.7 Å². The lowest BCUT2D eigenvalue weighted by Crippen LogP contribution is -2.43. The number of H-pyrrole nitrogens is 1. The SMILES string of the molecule is CC(=O)N1CCc2[nH]nc(Br)c2C1C1CCOCC1. The summed E-state index contributed by atoms with van der Waals surface area (Å²) in [5.41, 5.74) is 2.34. The van der Waals surface area contributed by atoms with Crippen molar-refractivity contribution in [3.05, 3.63) is 15.9 Å². The van der Waals surface area contributed by atoms with E-state index in [1.807, 2.05) is 4.90 Å². The van der Waals surface area contributed by atoms with E-state index in [1.54, 1.807) is 6.92 Å². The van der Waals surface area contributed by atoms with Crippen LogP contribution < -0.4 is 0 Å². The minimum atomic E-state index is 0.137. The van der Waals surface area contributed by atoms with Gasteiger partial charge in [-0.2, -0.15) is 5.10 Å². The summed E-state index contributed by atoms with van der Waals surface area (Å²) in [5.74, 6) is 0.612. The lowest BCUT2D eigenvalue weighted by atomic mass is 9.83. The van der Waals surface area contributed by atoms with Crippen molar-refractivity contribution in [2.24, 2.45) is 5.92 Å². The van der Waals surface area contributed by atoms with Crippen LogP contribution in [0, 0.1) is 5.92 Å². The Morgan fingerprint density at radius 2 is 2.21 bits per heavy atom. The van der Waals surface area contributed by atoms with E-state index in [0.29, 0.717) is 5.92 Å². The van der Waals surface area contributed by atoms with Crippen LogP contribution >= 0.6 is 15.9 Å². The highest BCUT2D eigenvalue weighted by Crippen LogP contribution is 2.41. The lowest BCUT2D eigenvalue weighted by Gasteiger charge is -2.41. The number of nitrogens with one attached hydrogen (secondary N) is 1. The number of carbonyl (C=O) groups is 1. The van der Waals surface area contributed by atoms with Gasteiger partial charge < -0.3 is 9.64 Å². The van der Waals surface area contributed by atoms with Crippen LogP contribution in [-0.4, -0.2) is 40.8 Å². The summed E-state index contributed by atoms with van der Waals surface area (Å²) in [6, 6.07) is 0.137. The zero-order valence-corrected chi connectivity index (χ0v) is 12.6. The number of aromatic amines is 1. The van der Waals surface area contributed by atoms with E-state index in [2.05, 4.69) is 26.1 Å². The van der Waals surface area contributed by atoms with Gasteiger partial charge in [-0.25, -0.2) is 0 Å². The highest BCUT2D eigenvalue weighted by atomic mass is 79.9. The molecule has 2 aliphatic rings. The van der Waals surface area contributed by atoms with Crippen LogP contribution in [0.5, 0.6) is 0 Å². The maximum atomic E-state index is 11.9. The van der Waals surface area contributed by atoms with Gasteiger partial charge in [-0.1, -0.05) is 0 Å². The Balaban J connectivity index is 1.98. The Labute approximate surface area is 120 Å². The van der Waals surface area contributed by atoms with Gasteiger partial charge in [0.2, 0.25) is 5.91 Å². The number of amides is 1. The minimum Gasteiger partial charge on any atom is -0.381 e. The van der Waals surface area contributed by atoms with E-state index < -0.39 is 0 Å². The Morgan fingerprint density at radius 1 is 1.47 bits per heavy atom. The van der Waals surface area contributed by atoms with E-state index >= 15 is 0 Å². The fourth-order valence-electron chi connectivity index (χ4n) is 3.25. The van der Waals surface area contributed by atoms with Crippen LogP contribution in [-0.2, 0) is 16.0 Å². The molecule has 1 fully saturated rings. The van der Waals surface area contributed by atoms with Crippen molar-refractivity contribution in [3.8, 4) is 0 Å². The Hall–Kier alpha value is -0.880. The molecular weight excluding hydrogens is 310 g/mol. The molecule has 3 heterocycles. The molecule has 19 heavy (non-hydrogen) atoms. The first-order valence-electron chi connectivity index (χ1n) is 6.76. The maximum absolute atomic E-state index is 11.9. The molecule has 1 amide bonds. The Morgan fingerprint density at radius 3 is 2.89 bits per heavy atom. The molecular formula is C13H18BrN3O2. The summed E-state index contributed by atoms with van der Waals surface area (Å²) in [4.78, 5) is 13.9. The number of hydrogen-bond donors (Lipinski definition) is 1. The second-order valence-electron chi connectivity index (χ2n) is 5.26. The van der Waals surface area contributed by atoms with Gasteiger partial charge in [0.1, 0.15) is 4.60 Å². The normalized spacial score (nSPS) is 24.3. The highest BCUT2D eigenvalue weighted by molar-refractivity contribution is 9.10. The number of rotatable bonds is 1. The first-order chi connectivity index (χ1) is 9.18. The summed E-state index contributed by atoms with van der Waals surface area (Å²) in [7, 11) is 0. The van der Waals surface area contributed by atoms with Crippen molar-refractivity contribution < 1.29 is 9.53 Å². The maximum Gasteiger partial charge on any atom is 0.219 e. The average Bonchev–Trinajstić information content (AvgIpc) is 2.80. The quantitative estimate of drug-likeness (QED) is 0.858. The van der Waals surface area contributed by atoms with E-state index in [4.69, 9.17) is 4.74 Å². The Kier molecular flexibility index (Phi) is 3.62. The molecule has 3 rings (SSSR count). The van der Waals surface area contributed by atoms with Gasteiger partial charge >= 0.3 is 0 Å². The molecule has 0 saturated carbocycles. The van der Waals surface area contributed by atoms with Crippen molar-refractivity contribution in [2.75, 3.05) is 19.8 Å². The van der Waals surface area contributed by atoms with Crippen LogP contribution in [0.3, 0.4) is 0 Å². The molecule has 0 aliphatic carbocycles. The Bertz CT molecular complexity index is 482. The van der Waals surface area contributed by atoms with Crippen molar-refractivity contribution in [2.45, 2.75) is 32.2 Å². The summed E-state index contributed by atoms with van der Waals surface area (Å²) in [5, 5.41) is 7.35. The van der Waals surface area contributed by atoms with Crippen LogP contribution in [0.4, 0.5) is 0 Å². The number of ether oxygens (including phenoxy) is 1. The third kappa shape index (κ3) is 2.31. The molecule has 6 heteroatoms. The molecule has 1 N–H and O–H groups in total. The molecule has 1 saturated heterocycles. The van der Waals surface area contributed by atoms with Gasteiger partial charge in [-0.3, -0.25) is 9.89 Å². The molecule has 0 spiro atoms. The highest BCUT2D eigenvalue weighted by Gasteiger charge is 2.38. The molecule has 1 aromatic rings. The van der Waals surface area contributed by atoms with Crippen LogP contribution in [0.2, 0.25) is 0 Å². The standard InChI is InChI=1S/C13H18BrN3O2/c1-8(18)17-5-2-10-11(13(14)16-15-10)12(17)9-3-6-19-7-4-9/h9,12H,2-7H2,1H3,(H,15,16). The second kappa shape index (κ2) is 5.25. The largest absolute Gasteiger partial charge is 0.381 e. The predicted octanol–water partition coefficient (Wildman–Crippen LogP) is 2.04. The van der Waals surface area contributed by atoms with E-state index in [1.165, 1.54) is 11.3 Å². The number of fused-ring (bicyclic) bond motifs is 1. The zero-order chi connectivity index (χ0) is 13.4. The summed E-state index contributed by atoms with van der Waals surface area (Å²) in [6.45, 7) is 4.01. The minimum absolute atomic E-state index is 0.137. The summed E-state index contributed by atoms with van der Waals surface area (Å²) >= 11 is 3.52. The van der Waals surface area contributed by atoms with Crippen molar-refractivity contribution in [1.82, 2.24) is 15.1 Å². The van der Waals surface area contributed by atoms with Gasteiger partial charge in [0, 0.05) is 44.4 Å². The van der Waals surface area contributed by atoms with E-state index in [9.17, 15) is 4.79 Å². The molecule has 1 atom stereocenters. The van der Waals surface area contributed by atoms with Crippen LogP contribution in [0.15, 0.2) is 4.60 Å². The van der Waals surface area contributed by atoms with Gasteiger partial charge in [-0.15, -0.1) is 0 Å². The molecule has 104 valence electrons. The number of hydrogen-bond acceptors (Lipinski definition) is 3. The van der Waals surface area contributed by atoms with Gasteiger partial charge in [0.05, 0.1) is 6.04 Å². The fraction of sp³-hybridized carbons (Fsp3) is 0.692. The third-order valence-electron chi connectivity index (χ3n) is 4.19. The number of halogens is 1. The molecule has 0 radical (unpaired) electrons. The summed E-state index contributed by atoms with van der Waals surface area (Å²) in [6.07, 6.45) is 2.87. The molecule has 0 aromatic carbocycles. The van der Waals surface area contributed by atoms with Crippen LogP contribution in [0.25, 0.3) is 0 Å². The monoisotopic (exact) mass is 327 g/mol. The topological polar surface area (TPSA) is 58.2 Å². The molecule has 2 aliphatic heterocycles. The van der Waals surface area contributed by atoms with Crippen molar-refractivity contribution in [1.29, 1.82) is 0 Å². The number of aromatic nitrogens is 2. The molecule has 0 bridgehead atoms. The van der Waals surface area contributed by atoms with Crippen molar-refractivity contribution in [3.63, 3.8) is 0 Å². The number of carbonyl (C=O) groups excluding carboxylic acids is 1. The van der Waals surface area contributed by atoms with E-state index in [-0.39, 0.29) is 11.9 Å². The average molecular weight is 328 g/mol. The van der Waals surface area contributed by atoms with Gasteiger partial charge in [0.15, 0.2) is 0 Å². The summed E-state index contributed by atoms with van der Waals surface area (Å²) < 4.78 is 6.30. The zero-order valence-electron chi connectivity index (χ0n) is 11.0. The molecule has 1 aromatic heterocycles. The van der Waals surface area contributed by atoms with Crippen molar-refractivity contribution >= 4 is 21.8 Å². The first-order valence-corrected chi connectivity index (χ1v) is 7.55. The second-order valence-corrected chi connectivity index (χ2v) is 6.01. The van der Waals surface area contributed by atoms with E-state index in [0.717, 1.165) is 43.6 Å². The van der Waals surface area contributed by atoms with Crippen LogP contribution in [0.1, 0.15) is 37.1 Å². The lowest BCUT2D eigenvalue weighted by molar-refractivity contribution is -0.134. The third-order valence-corrected chi connectivity index (χ3v) is 4.79. The molecule has 1 unspecified atom stereocenters. The van der Waals surface area contributed by atoms with Gasteiger partial charge in [0.25, 0.3) is 0 Å².